The largest absolute Gasteiger partial charge is 0.324 e. The first-order chi connectivity index (χ1) is 9.06. The molecule has 2 aliphatic rings. The van der Waals surface area contributed by atoms with Crippen LogP contribution < -0.4 is 5.73 Å². The van der Waals surface area contributed by atoms with Crippen molar-refractivity contribution in [2.75, 3.05) is 7.05 Å². The smallest absolute Gasteiger partial charge is 0.126 e. The van der Waals surface area contributed by atoms with Gasteiger partial charge >= 0.3 is 0 Å². The van der Waals surface area contributed by atoms with Crippen LogP contribution in [-0.2, 0) is 0 Å². The summed E-state index contributed by atoms with van der Waals surface area (Å²) in [4.78, 5) is 2.51. The molecule has 3 heteroatoms. The van der Waals surface area contributed by atoms with Gasteiger partial charge < -0.3 is 10.6 Å². The maximum absolute atomic E-state index is 13.7. The first-order valence-corrected chi connectivity index (χ1v) is 7.30. The molecule has 2 nitrogen and oxygen atoms in total. The summed E-state index contributed by atoms with van der Waals surface area (Å²) in [6.45, 7) is 1.79. The molecule has 0 saturated carbocycles. The molecule has 2 N–H and O–H groups in total. The number of piperidine rings is 1. The summed E-state index contributed by atoms with van der Waals surface area (Å²) in [5, 5.41) is 0. The maximum atomic E-state index is 13.7. The molecular formula is C16H23FN2. The van der Waals surface area contributed by atoms with Gasteiger partial charge in [0.2, 0.25) is 0 Å². The Morgan fingerprint density at radius 2 is 1.89 bits per heavy atom. The van der Waals surface area contributed by atoms with Crippen LogP contribution in [0.5, 0.6) is 0 Å². The number of nitrogens with zero attached hydrogens (tertiary/aromatic N) is 1. The van der Waals surface area contributed by atoms with E-state index < -0.39 is 0 Å². The molecule has 2 saturated heterocycles. The number of fused-ring (bicyclic) bond motifs is 2. The molecule has 0 aliphatic carbocycles. The summed E-state index contributed by atoms with van der Waals surface area (Å²) in [5.74, 6) is 0.361. The molecule has 3 atom stereocenters. The zero-order valence-corrected chi connectivity index (χ0v) is 11.8. The molecule has 2 fully saturated rings. The second kappa shape index (κ2) is 4.88. The third-order valence-corrected chi connectivity index (χ3v) is 5.22. The van der Waals surface area contributed by atoms with Crippen LogP contribution in [0.15, 0.2) is 18.2 Å². The van der Waals surface area contributed by atoms with Gasteiger partial charge in [0.05, 0.1) is 0 Å². The monoisotopic (exact) mass is 262 g/mol. The van der Waals surface area contributed by atoms with Crippen LogP contribution in [0.2, 0.25) is 0 Å². The van der Waals surface area contributed by atoms with Crippen molar-refractivity contribution in [2.45, 2.75) is 50.7 Å². The van der Waals surface area contributed by atoms with Crippen LogP contribution in [-0.4, -0.2) is 24.0 Å². The number of nitrogens with two attached hydrogens (primary N) is 1. The lowest BCUT2D eigenvalue weighted by molar-refractivity contribution is 0.121. The second-order valence-electron chi connectivity index (χ2n) is 6.32. The molecule has 2 bridgehead atoms. The number of hydrogen-bond acceptors (Lipinski definition) is 2. The lowest BCUT2D eigenvalue weighted by atomic mass is 9.82. The first kappa shape index (κ1) is 13.1. The Labute approximate surface area is 114 Å². The van der Waals surface area contributed by atoms with E-state index in [1.54, 1.807) is 13.0 Å². The van der Waals surface area contributed by atoms with Gasteiger partial charge in [-0.05, 0) is 62.8 Å². The van der Waals surface area contributed by atoms with E-state index in [1.807, 2.05) is 12.1 Å². The fraction of sp³-hybridized carbons (Fsp3) is 0.625. The third-order valence-electron chi connectivity index (χ3n) is 5.22. The molecule has 2 aliphatic heterocycles. The average Bonchev–Trinajstić information content (AvgIpc) is 2.64. The zero-order chi connectivity index (χ0) is 13.6. The third kappa shape index (κ3) is 2.30. The van der Waals surface area contributed by atoms with E-state index in [9.17, 15) is 4.39 Å². The molecular weight excluding hydrogens is 239 g/mol. The Morgan fingerprint density at radius 3 is 2.47 bits per heavy atom. The molecule has 104 valence electrons. The molecule has 3 rings (SSSR count). The van der Waals surface area contributed by atoms with Crippen molar-refractivity contribution in [1.82, 2.24) is 4.90 Å². The van der Waals surface area contributed by atoms with Crippen LogP contribution in [0.3, 0.4) is 0 Å². The molecule has 0 radical (unpaired) electrons. The Kier molecular flexibility index (Phi) is 3.35. The van der Waals surface area contributed by atoms with Gasteiger partial charge in [-0.2, -0.15) is 0 Å². The van der Waals surface area contributed by atoms with Crippen molar-refractivity contribution >= 4 is 0 Å². The lowest BCUT2D eigenvalue weighted by Crippen LogP contribution is -2.42. The normalized spacial score (nSPS) is 32.5. The van der Waals surface area contributed by atoms with E-state index in [1.165, 1.54) is 12.8 Å². The van der Waals surface area contributed by atoms with Crippen LogP contribution in [0.1, 0.15) is 42.9 Å². The summed E-state index contributed by atoms with van der Waals surface area (Å²) in [5.41, 5.74) is 8.05. The Balaban J connectivity index is 1.77. The van der Waals surface area contributed by atoms with Crippen LogP contribution >= 0.6 is 0 Å². The van der Waals surface area contributed by atoms with Gasteiger partial charge in [0.1, 0.15) is 5.82 Å². The highest BCUT2D eigenvalue weighted by atomic mass is 19.1. The minimum absolute atomic E-state index is 0.0214. The van der Waals surface area contributed by atoms with Gasteiger partial charge in [0.25, 0.3) is 0 Å². The molecule has 3 unspecified atom stereocenters. The Hall–Kier alpha value is -0.930. The van der Waals surface area contributed by atoms with E-state index >= 15 is 0 Å². The second-order valence-corrected chi connectivity index (χ2v) is 6.32. The summed E-state index contributed by atoms with van der Waals surface area (Å²) >= 11 is 0. The fourth-order valence-corrected chi connectivity index (χ4v) is 3.84. The maximum Gasteiger partial charge on any atom is 0.126 e. The zero-order valence-electron chi connectivity index (χ0n) is 11.8. The van der Waals surface area contributed by atoms with Gasteiger partial charge in [0, 0.05) is 18.1 Å². The molecule has 0 spiro atoms. The number of hydrogen-bond donors (Lipinski definition) is 1. The Morgan fingerprint density at radius 1 is 1.26 bits per heavy atom. The summed E-state index contributed by atoms with van der Waals surface area (Å²) in [6, 6.07) is 6.81. The number of rotatable bonds is 2. The highest BCUT2D eigenvalue weighted by molar-refractivity contribution is 5.26. The van der Waals surface area contributed by atoms with E-state index in [-0.39, 0.29) is 11.9 Å². The fourth-order valence-electron chi connectivity index (χ4n) is 3.84. The Bertz CT molecular complexity index is 460. The summed E-state index contributed by atoms with van der Waals surface area (Å²) in [7, 11) is 2.23. The lowest BCUT2D eigenvalue weighted by Gasteiger charge is -2.39. The number of aryl methyl sites for hydroxylation is 1. The average molecular weight is 262 g/mol. The van der Waals surface area contributed by atoms with Crippen molar-refractivity contribution in [3.63, 3.8) is 0 Å². The van der Waals surface area contributed by atoms with Gasteiger partial charge in [-0.3, -0.25) is 0 Å². The molecule has 1 aromatic carbocycles. The van der Waals surface area contributed by atoms with Crippen molar-refractivity contribution < 1.29 is 4.39 Å². The van der Waals surface area contributed by atoms with Crippen molar-refractivity contribution in [3.05, 3.63) is 35.1 Å². The molecule has 0 amide bonds. The highest BCUT2D eigenvalue weighted by Crippen LogP contribution is 2.41. The van der Waals surface area contributed by atoms with Crippen molar-refractivity contribution in [3.8, 4) is 0 Å². The predicted molar refractivity (Wildman–Crippen MR) is 75.4 cm³/mol. The molecule has 0 aromatic heterocycles. The van der Waals surface area contributed by atoms with E-state index in [4.69, 9.17) is 5.73 Å². The van der Waals surface area contributed by atoms with E-state index in [0.29, 0.717) is 23.6 Å². The highest BCUT2D eigenvalue weighted by Gasteiger charge is 2.40. The molecule has 19 heavy (non-hydrogen) atoms. The number of halogens is 1. The first-order valence-electron chi connectivity index (χ1n) is 7.30. The van der Waals surface area contributed by atoms with Gasteiger partial charge in [-0.25, -0.2) is 4.39 Å². The van der Waals surface area contributed by atoms with Gasteiger partial charge in [-0.15, -0.1) is 0 Å². The predicted octanol–water partition coefficient (Wildman–Crippen LogP) is 3.01. The minimum Gasteiger partial charge on any atom is -0.324 e. The van der Waals surface area contributed by atoms with E-state index in [2.05, 4.69) is 11.9 Å². The summed E-state index contributed by atoms with van der Waals surface area (Å²) < 4.78 is 13.7. The summed E-state index contributed by atoms with van der Waals surface area (Å²) in [6.07, 6.45) is 4.91. The quantitative estimate of drug-likeness (QED) is 0.887. The van der Waals surface area contributed by atoms with Gasteiger partial charge in [-0.1, -0.05) is 12.1 Å². The van der Waals surface area contributed by atoms with Crippen LogP contribution in [0.4, 0.5) is 4.39 Å². The standard InChI is InChI=1S/C16H23FN2/c1-10-3-4-11(9-15(10)17)16(18)12-7-13-5-6-14(8-12)19(13)2/h3-4,9,12-14,16H,5-8,18H2,1-2H3. The minimum atomic E-state index is -0.135. The van der Waals surface area contributed by atoms with E-state index in [0.717, 1.165) is 18.4 Å². The van der Waals surface area contributed by atoms with Crippen LogP contribution in [0, 0.1) is 18.7 Å². The van der Waals surface area contributed by atoms with Crippen LogP contribution in [0.25, 0.3) is 0 Å². The molecule has 2 heterocycles. The van der Waals surface area contributed by atoms with Crippen molar-refractivity contribution in [2.24, 2.45) is 11.7 Å². The van der Waals surface area contributed by atoms with Crippen molar-refractivity contribution in [1.29, 1.82) is 0 Å². The topological polar surface area (TPSA) is 29.3 Å². The SMILES string of the molecule is Cc1ccc(C(N)C2CC3CCC(C2)N3C)cc1F. The molecule has 1 aromatic rings. The number of benzene rings is 1. The van der Waals surface area contributed by atoms with Gasteiger partial charge in [0.15, 0.2) is 0 Å².